The van der Waals surface area contributed by atoms with E-state index in [4.69, 9.17) is 0 Å². The van der Waals surface area contributed by atoms with Gasteiger partial charge in [0.05, 0.1) is 0 Å². The smallest absolute Gasteiger partial charge is 0.317 e. The quantitative estimate of drug-likeness (QED) is 0.791. The standard InChI is InChI=1S/C23H35N3O2/c27-20-4-6-22(15-26(20)19-2-3-19)5-1-7-25(14-22)21(28)24-23-11-16-8-17(12-23)10-18(9-16)13-23/h16-19H,1-15H2,(H,24,28). The zero-order valence-corrected chi connectivity index (χ0v) is 17.1. The summed E-state index contributed by atoms with van der Waals surface area (Å²) in [5.41, 5.74) is 0.243. The summed E-state index contributed by atoms with van der Waals surface area (Å²) >= 11 is 0. The van der Waals surface area contributed by atoms with Crippen molar-refractivity contribution >= 4 is 11.9 Å². The van der Waals surface area contributed by atoms with Crippen LogP contribution in [0.3, 0.4) is 0 Å². The van der Waals surface area contributed by atoms with E-state index in [2.05, 4.69) is 15.1 Å². The maximum Gasteiger partial charge on any atom is 0.317 e. The van der Waals surface area contributed by atoms with Gasteiger partial charge in [-0.1, -0.05) is 0 Å². The number of urea groups is 1. The minimum Gasteiger partial charge on any atom is -0.339 e. The van der Waals surface area contributed by atoms with E-state index in [1.54, 1.807) is 0 Å². The molecule has 2 heterocycles. The molecule has 0 aromatic carbocycles. The highest BCUT2D eigenvalue weighted by Crippen LogP contribution is 2.55. The fourth-order valence-corrected chi connectivity index (χ4v) is 8.05. The molecule has 0 aromatic rings. The topological polar surface area (TPSA) is 52.7 Å². The van der Waals surface area contributed by atoms with E-state index < -0.39 is 0 Å². The van der Waals surface area contributed by atoms with Gasteiger partial charge in [0.25, 0.3) is 0 Å². The molecule has 2 saturated heterocycles. The first kappa shape index (κ1) is 17.6. The van der Waals surface area contributed by atoms with Crippen molar-refractivity contribution < 1.29 is 9.59 Å². The average molecular weight is 386 g/mol. The Morgan fingerprint density at radius 1 is 0.964 bits per heavy atom. The second-order valence-electron chi connectivity index (χ2n) is 11.4. The first-order chi connectivity index (χ1) is 13.5. The van der Waals surface area contributed by atoms with Crippen LogP contribution < -0.4 is 5.32 Å². The molecule has 4 bridgehead atoms. The summed E-state index contributed by atoms with van der Waals surface area (Å²) in [6, 6.07) is 0.691. The van der Waals surface area contributed by atoms with E-state index in [0.717, 1.165) is 50.2 Å². The molecule has 5 nitrogen and oxygen atoms in total. The SMILES string of the molecule is O=C(NC12CC3CC(CC(C3)C1)C2)N1CCCC2(CCC(=O)N(C3CC3)C2)C1. The summed E-state index contributed by atoms with van der Waals surface area (Å²) in [6.45, 7) is 2.62. The van der Waals surface area contributed by atoms with Crippen LogP contribution in [0, 0.1) is 23.2 Å². The van der Waals surface area contributed by atoms with Crippen molar-refractivity contribution in [3.8, 4) is 0 Å². The molecule has 154 valence electrons. The van der Waals surface area contributed by atoms with Gasteiger partial charge in [-0.2, -0.15) is 0 Å². The lowest BCUT2D eigenvalue weighted by Crippen LogP contribution is -2.63. The third-order valence-electron chi connectivity index (χ3n) is 9.04. The molecule has 5 heteroatoms. The van der Waals surface area contributed by atoms with Gasteiger partial charge in [0.15, 0.2) is 0 Å². The number of likely N-dealkylation sites (tertiary alicyclic amines) is 2. The Kier molecular flexibility index (Phi) is 3.84. The highest BCUT2D eigenvalue weighted by atomic mass is 16.2. The van der Waals surface area contributed by atoms with Gasteiger partial charge in [-0.05, 0) is 88.4 Å². The molecule has 1 atom stereocenters. The zero-order valence-electron chi connectivity index (χ0n) is 17.1. The van der Waals surface area contributed by atoms with Gasteiger partial charge in [-0.15, -0.1) is 0 Å². The lowest BCUT2D eigenvalue weighted by molar-refractivity contribution is -0.139. The molecule has 1 spiro atoms. The molecule has 1 N–H and O–H groups in total. The van der Waals surface area contributed by atoms with Crippen LogP contribution in [-0.4, -0.2) is 53.0 Å². The van der Waals surface area contributed by atoms with Crippen LogP contribution in [0.4, 0.5) is 4.79 Å². The molecule has 5 aliphatic carbocycles. The Morgan fingerprint density at radius 2 is 1.64 bits per heavy atom. The summed E-state index contributed by atoms with van der Waals surface area (Å²) in [7, 11) is 0. The lowest BCUT2D eigenvalue weighted by Gasteiger charge is -2.57. The van der Waals surface area contributed by atoms with Crippen molar-refractivity contribution in [2.75, 3.05) is 19.6 Å². The van der Waals surface area contributed by atoms with E-state index in [1.807, 2.05) is 0 Å². The molecule has 1 unspecified atom stereocenters. The third-order valence-corrected chi connectivity index (χ3v) is 9.04. The number of nitrogens with one attached hydrogen (secondary N) is 1. The van der Waals surface area contributed by atoms with E-state index >= 15 is 0 Å². The summed E-state index contributed by atoms with van der Waals surface area (Å²) < 4.78 is 0. The van der Waals surface area contributed by atoms with Crippen molar-refractivity contribution in [1.82, 2.24) is 15.1 Å². The summed E-state index contributed by atoms with van der Waals surface area (Å²) in [5.74, 6) is 2.92. The maximum atomic E-state index is 13.3. The first-order valence-electron chi connectivity index (χ1n) is 11.9. The van der Waals surface area contributed by atoms with Gasteiger partial charge < -0.3 is 15.1 Å². The Labute approximate surface area is 168 Å². The molecule has 5 saturated carbocycles. The highest BCUT2D eigenvalue weighted by Gasteiger charge is 2.52. The molecular formula is C23H35N3O2. The summed E-state index contributed by atoms with van der Waals surface area (Å²) in [5, 5.41) is 3.58. The molecule has 3 amide bonds. The second kappa shape index (κ2) is 6.12. The molecule has 0 aromatic heterocycles. The number of amides is 3. The number of hydrogen-bond acceptors (Lipinski definition) is 2. The van der Waals surface area contributed by atoms with Gasteiger partial charge in [0.1, 0.15) is 0 Å². The summed E-state index contributed by atoms with van der Waals surface area (Å²) in [4.78, 5) is 30.0. The predicted molar refractivity (Wildman–Crippen MR) is 107 cm³/mol. The fraction of sp³-hybridized carbons (Fsp3) is 0.913. The minimum atomic E-state index is 0.0963. The third kappa shape index (κ3) is 2.95. The van der Waals surface area contributed by atoms with Crippen LogP contribution in [0.25, 0.3) is 0 Å². The number of hydrogen-bond donors (Lipinski definition) is 1. The largest absolute Gasteiger partial charge is 0.339 e. The van der Waals surface area contributed by atoms with Gasteiger partial charge in [-0.25, -0.2) is 4.79 Å². The number of nitrogens with zero attached hydrogens (tertiary/aromatic N) is 2. The van der Waals surface area contributed by atoms with Crippen LogP contribution in [0.5, 0.6) is 0 Å². The van der Waals surface area contributed by atoms with E-state index in [1.165, 1.54) is 57.8 Å². The number of piperidine rings is 2. The van der Waals surface area contributed by atoms with Gasteiger partial charge in [0, 0.05) is 43.1 Å². The van der Waals surface area contributed by atoms with Gasteiger partial charge in [-0.3, -0.25) is 4.79 Å². The van der Waals surface area contributed by atoms with Crippen molar-refractivity contribution in [2.45, 2.75) is 88.6 Å². The van der Waals surface area contributed by atoms with Crippen molar-refractivity contribution in [1.29, 1.82) is 0 Å². The Bertz CT molecular complexity index is 652. The molecule has 7 aliphatic rings. The van der Waals surface area contributed by atoms with Crippen molar-refractivity contribution in [3.05, 3.63) is 0 Å². The fourth-order valence-electron chi connectivity index (χ4n) is 8.05. The second-order valence-corrected chi connectivity index (χ2v) is 11.4. The molecule has 2 aliphatic heterocycles. The maximum absolute atomic E-state index is 13.3. The van der Waals surface area contributed by atoms with Crippen LogP contribution >= 0.6 is 0 Å². The van der Waals surface area contributed by atoms with E-state index in [9.17, 15) is 9.59 Å². The molecule has 7 rings (SSSR count). The predicted octanol–water partition coefficient (Wildman–Crippen LogP) is 3.53. The van der Waals surface area contributed by atoms with Crippen molar-refractivity contribution in [2.24, 2.45) is 23.2 Å². The van der Waals surface area contributed by atoms with Crippen LogP contribution in [-0.2, 0) is 4.79 Å². The Hall–Kier alpha value is -1.26. The number of carbonyl (C=O) groups is 2. The Morgan fingerprint density at radius 3 is 2.29 bits per heavy atom. The summed E-state index contributed by atoms with van der Waals surface area (Å²) in [6.07, 6.45) is 14.1. The number of carbonyl (C=O) groups excluding carboxylic acids is 2. The zero-order chi connectivity index (χ0) is 18.9. The van der Waals surface area contributed by atoms with Crippen LogP contribution in [0.1, 0.15) is 77.0 Å². The first-order valence-corrected chi connectivity index (χ1v) is 11.9. The average Bonchev–Trinajstić information content (AvgIpc) is 3.48. The number of rotatable bonds is 2. The highest BCUT2D eigenvalue weighted by molar-refractivity contribution is 5.78. The molecular weight excluding hydrogens is 350 g/mol. The van der Waals surface area contributed by atoms with E-state index in [-0.39, 0.29) is 17.0 Å². The van der Waals surface area contributed by atoms with Gasteiger partial charge in [0.2, 0.25) is 5.91 Å². The minimum absolute atomic E-state index is 0.0963. The van der Waals surface area contributed by atoms with Crippen molar-refractivity contribution in [3.63, 3.8) is 0 Å². The van der Waals surface area contributed by atoms with E-state index in [0.29, 0.717) is 18.4 Å². The normalized spacial score (nSPS) is 45.0. The lowest BCUT2D eigenvalue weighted by atomic mass is 9.53. The molecule has 28 heavy (non-hydrogen) atoms. The molecule has 7 fully saturated rings. The Balaban J connectivity index is 1.14. The van der Waals surface area contributed by atoms with Gasteiger partial charge >= 0.3 is 6.03 Å². The monoisotopic (exact) mass is 385 g/mol. The van der Waals surface area contributed by atoms with Crippen LogP contribution in [0.2, 0.25) is 0 Å². The van der Waals surface area contributed by atoms with Crippen LogP contribution in [0.15, 0.2) is 0 Å². The molecule has 0 radical (unpaired) electrons.